The van der Waals surface area contributed by atoms with Gasteiger partial charge in [0.25, 0.3) is 0 Å². The molecule has 0 spiro atoms. The van der Waals surface area contributed by atoms with E-state index in [1.165, 1.54) is 103 Å². The minimum absolute atomic E-state index is 0.0577. The molecule has 0 aliphatic rings. The molecule has 0 aliphatic heterocycles. The van der Waals surface area contributed by atoms with Crippen molar-refractivity contribution in [1.82, 2.24) is 5.32 Å². The molecule has 3 N–H and O–H groups in total. The Morgan fingerprint density at radius 1 is 0.517 bits per heavy atom. The lowest BCUT2D eigenvalue weighted by atomic mass is 10.0. The Balaban J connectivity index is 4.59. The molecule has 0 rings (SSSR count). The van der Waals surface area contributed by atoms with Gasteiger partial charge >= 0.3 is 5.97 Å². The van der Waals surface area contributed by atoms with E-state index in [1.54, 1.807) is 0 Å². The second-order valence-electron chi connectivity index (χ2n) is 16.3. The number of amides is 1. The second-order valence-corrected chi connectivity index (χ2v) is 16.3. The van der Waals surface area contributed by atoms with Crippen molar-refractivity contribution in [3.63, 3.8) is 0 Å². The molecule has 0 fully saturated rings. The Morgan fingerprint density at radius 3 is 1.40 bits per heavy atom. The summed E-state index contributed by atoms with van der Waals surface area (Å²) < 4.78 is 5.89. The zero-order chi connectivity index (χ0) is 42.4. The molecule has 3 unspecified atom stereocenters. The number of carbonyl (C=O) groups excluding carboxylic acids is 2. The van der Waals surface area contributed by atoms with Crippen LogP contribution in [0.5, 0.6) is 0 Å². The summed E-state index contributed by atoms with van der Waals surface area (Å²) in [5, 5.41) is 23.7. The third-order valence-electron chi connectivity index (χ3n) is 10.7. The third-order valence-corrected chi connectivity index (χ3v) is 10.7. The number of hydrogen-bond acceptors (Lipinski definition) is 5. The summed E-state index contributed by atoms with van der Waals surface area (Å²) in [6, 6.07) is -0.711. The van der Waals surface area contributed by atoms with Gasteiger partial charge in [-0.1, -0.05) is 235 Å². The van der Waals surface area contributed by atoms with Crippen LogP contribution in [0.1, 0.15) is 220 Å². The van der Waals surface area contributed by atoms with E-state index in [0.717, 1.165) is 70.6 Å². The van der Waals surface area contributed by atoms with Crippen LogP contribution >= 0.6 is 0 Å². The van der Waals surface area contributed by atoms with Crippen LogP contribution in [0, 0.1) is 0 Å². The number of nitrogens with one attached hydrogen (secondary N) is 1. The molecule has 1 amide bonds. The molecule has 0 aromatic rings. The number of carbonyl (C=O) groups is 2. The van der Waals surface area contributed by atoms with Gasteiger partial charge in [-0.3, -0.25) is 9.59 Å². The molecular formula is C52H91NO5. The molecule has 0 bridgehead atoms. The molecule has 334 valence electrons. The fraction of sp³-hybridized carbons (Fsp3) is 0.731. The second kappa shape index (κ2) is 45.4. The van der Waals surface area contributed by atoms with Gasteiger partial charge in [0.15, 0.2) is 0 Å². The Hall–Kier alpha value is -2.70. The van der Waals surface area contributed by atoms with Crippen LogP contribution in [0.4, 0.5) is 0 Å². The number of rotatable bonds is 42. The summed E-state index contributed by atoms with van der Waals surface area (Å²) in [5.41, 5.74) is 0. The molecule has 0 radical (unpaired) electrons. The van der Waals surface area contributed by atoms with Crippen molar-refractivity contribution in [1.29, 1.82) is 0 Å². The quantitative estimate of drug-likeness (QED) is 0.0324. The largest absolute Gasteiger partial charge is 0.462 e. The topological polar surface area (TPSA) is 95.9 Å². The summed E-state index contributed by atoms with van der Waals surface area (Å²) in [4.78, 5) is 26.0. The zero-order valence-corrected chi connectivity index (χ0v) is 37.9. The summed E-state index contributed by atoms with van der Waals surface area (Å²) in [5.74, 6) is -0.528. The number of allylic oxidation sites excluding steroid dienone is 12. The minimum atomic E-state index is -0.795. The monoisotopic (exact) mass is 810 g/mol. The van der Waals surface area contributed by atoms with Gasteiger partial charge in [-0.2, -0.15) is 0 Å². The Labute approximate surface area is 358 Å². The number of esters is 1. The molecular weight excluding hydrogens is 719 g/mol. The Kier molecular flexibility index (Phi) is 43.3. The van der Waals surface area contributed by atoms with Gasteiger partial charge < -0.3 is 20.3 Å². The summed E-state index contributed by atoms with van der Waals surface area (Å²) in [7, 11) is 0. The van der Waals surface area contributed by atoms with Crippen LogP contribution < -0.4 is 5.32 Å². The standard InChI is InChI=1S/C52H91NO5/c1-4-7-10-13-16-19-21-23-24-25-26-28-30-33-36-39-42-45-52(57)58-48(43-40-37-34-31-18-15-12-9-6-3)46-51(56)53-49(47-54)50(55)44-41-38-35-32-29-27-22-20-17-14-11-8-5-2/h7,10,13,16,19,21,23-26,28,30,48-50,54-55H,4-6,8-9,11-12,14-15,17-18,20,22,27,29,31-47H2,1-3H3,(H,53,56)/b10-7-,16-13+,21-19+,24-23-,26-25+,30-28+. The SMILES string of the molecule is CC\C=C/C=C/C=C/C=C\C=C\C=C\CCCCCC(=O)OC(CCCCCCCCCCC)CC(=O)NC(CO)C(O)CCCCCCCCCCCCCCC. The Bertz CT molecular complexity index is 1090. The molecule has 0 aromatic heterocycles. The number of aliphatic hydroxyl groups is 2. The van der Waals surface area contributed by atoms with E-state index in [2.05, 4.69) is 44.3 Å². The van der Waals surface area contributed by atoms with Gasteiger partial charge in [0, 0.05) is 6.42 Å². The lowest BCUT2D eigenvalue weighted by Crippen LogP contribution is -2.46. The van der Waals surface area contributed by atoms with E-state index in [1.807, 2.05) is 54.7 Å². The van der Waals surface area contributed by atoms with E-state index >= 15 is 0 Å². The molecule has 6 heteroatoms. The smallest absolute Gasteiger partial charge is 0.306 e. The highest BCUT2D eigenvalue weighted by atomic mass is 16.5. The maximum Gasteiger partial charge on any atom is 0.306 e. The first kappa shape index (κ1) is 55.3. The molecule has 0 saturated carbocycles. The average Bonchev–Trinajstić information content (AvgIpc) is 3.22. The summed E-state index contributed by atoms with van der Waals surface area (Å²) >= 11 is 0. The van der Waals surface area contributed by atoms with Crippen LogP contribution in [0.3, 0.4) is 0 Å². The van der Waals surface area contributed by atoms with Gasteiger partial charge in [-0.25, -0.2) is 0 Å². The van der Waals surface area contributed by atoms with E-state index in [4.69, 9.17) is 4.74 Å². The van der Waals surface area contributed by atoms with Crippen LogP contribution in [-0.2, 0) is 14.3 Å². The van der Waals surface area contributed by atoms with Crippen molar-refractivity contribution in [2.75, 3.05) is 6.61 Å². The first-order valence-electron chi connectivity index (χ1n) is 24.2. The van der Waals surface area contributed by atoms with Crippen LogP contribution in [-0.4, -0.2) is 46.9 Å². The van der Waals surface area contributed by atoms with Crippen molar-refractivity contribution < 1.29 is 24.5 Å². The van der Waals surface area contributed by atoms with Gasteiger partial charge in [0.2, 0.25) is 5.91 Å². The molecule has 0 saturated heterocycles. The Morgan fingerprint density at radius 2 is 0.931 bits per heavy atom. The normalized spacial score (nSPS) is 13.9. The fourth-order valence-electron chi connectivity index (χ4n) is 7.05. The number of unbranched alkanes of at least 4 members (excludes halogenated alkanes) is 23. The van der Waals surface area contributed by atoms with Gasteiger partial charge in [-0.15, -0.1) is 0 Å². The fourth-order valence-corrected chi connectivity index (χ4v) is 7.05. The van der Waals surface area contributed by atoms with Crippen molar-refractivity contribution in [3.8, 4) is 0 Å². The minimum Gasteiger partial charge on any atom is -0.462 e. The van der Waals surface area contributed by atoms with Crippen LogP contribution in [0.15, 0.2) is 72.9 Å². The molecule has 0 heterocycles. The van der Waals surface area contributed by atoms with E-state index in [0.29, 0.717) is 19.3 Å². The van der Waals surface area contributed by atoms with Crippen molar-refractivity contribution >= 4 is 11.9 Å². The highest BCUT2D eigenvalue weighted by Gasteiger charge is 2.24. The first-order chi connectivity index (χ1) is 28.5. The molecule has 0 aromatic carbocycles. The summed E-state index contributed by atoms with van der Waals surface area (Å²) in [6.45, 7) is 6.30. The number of aliphatic hydroxyl groups excluding tert-OH is 2. The zero-order valence-electron chi connectivity index (χ0n) is 37.9. The molecule has 6 nitrogen and oxygen atoms in total. The van der Waals surface area contributed by atoms with Crippen LogP contribution in [0.25, 0.3) is 0 Å². The van der Waals surface area contributed by atoms with Crippen molar-refractivity contribution in [2.24, 2.45) is 0 Å². The van der Waals surface area contributed by atoms with E-state index in [-0.39, 0.29) is 24.9 Å². The van der Waals surface area contributed by atoms with Crippen LogP contribution in [0.2, 0.25) is 0 Å². The lowest BCUT2D eigenvalue weighted by molar-refractivity contribution is -0.151. The summed E-state index contributed by atoms with van der Waals surface area (Å²) in [6.07, 6.45) is 56.7. The lowest BCUT2D eigenvalue weighted by Gasteiger charge is -2.24. The molecule has 3 atom stereocenters. The van der Waals surface area contributed by atoms with Crippen molar-refractivity contribution in [3.05, 3.63) is 72.9 Å². The predicted octanol–water partition coefficient (Wildman–Crippen LogP) is 14.2. The van der Waals surface area contributed by atoms with Gasteiger partial charge in [-0.05, 0) is 44.9 Å². The number of ether oxygens (including phenoxy) is 1. The molecule has 58 heavy (non-hydrogen) atoms. The first-order valence-corrected chi connectivity index (χ1v) is 24.2. The van der Waals surface area contributed by atoms with Gasteiger partial charge in [0.1, 0.15) is 6.10 Å². The maximum absolute atomic E-state index is 13.1. The van der Waals surface area contributed by atoms with E-state index < -0.39 is 18.2 Å². The highest BCUT2D eigenvalue weighted by Crippen LogP contribution is 2.17. The third kappa shape index (κ3) is 40.1. The van der Waals surface area contributed by atoms with Crippen molar-refractivity contribution in [2.45, 2.75) is 238 Å². The molecule has 0 aliphatic carbocycles. The average molecular weight is 810 g/mol. The van der Waals surface area contributed by atoms with E-state index in [9.17, 15) is 19.8 Å². The number of hydrogen-bond donors (Lipinski definition) is 3. The van der Waals surface area contributed by atoms with Gasteiger partial charge in [0.05, 0.1) is 25.2 Å². The highest BCUT2D eigenvalue weighted by molar-refractivity contribution is 5.77. The predicted molar refractivity (Wildman–Crippen MR) is 250 cm³/mol. The maximum atomic E-state index is 13.1.